The minimum absolute atomic E-state index is 0.0701. The van der Waals surface area contributed by atoms with Gasteiger partial charge in [0.1, 0.15) is 5.75 Å². The molecule has 0 bridgehead atoms. The predicted molar refractivity (Wildman–Crippen MR) is 117 cm³/mol. The SMILES string of the molecule is CCC(NC(=O)/C=C/c1c(Cl)cccc1Cl)c1ccccc1OCC(=O)N(C)C. The Morgan fingerprint density at radius 1 is 1.10 bits per heavy atom. The third-order valence-electron chi connectivity index (χ3n) is 4.27. The molecule has 0 saturated carbocycles. The van der Waals surface area contributed by atoms with Crippen molar-refractivity contribution in [2.75, 3.05) is 20.7 Å². The molecule has 2 amide bonds. The van der Waals surface area contributed by atoms with Crippen LogP contribution < -0.4 is 10.1 Å². The van der Waals surface area contributed by atoms with Gasteiger partial charge in [-0.05, 0) is 30.7 Å². The molecule has 29 heavy (non-hydrogen) atoms. The highest BCUT2D eigenvalue weighted by Gasteiger charge is 2.17. The summed E-state index contributed by atoms with van der Waals surface area (Å²) in [6.45, 7) is 1.89. The predicted octanol–water partition coefficient (Wildman–Crippen LogP) is 4.74. The minimum Gasteiger partial charge on any atom is -0.483 e. The molecule has 5 nitrogen and oxygen atoms in total. The first-order chi connectivity index (χ1) is 13.8. The Bertz CT molecular complexity index is 877. The Morgan fingerprint density at radius 2 is 1.76 bits per heavy atom. The monoisotopic (exact) mass is 434 g/mol. The van der Waals surface area contributed by atoms with E-state index in [4.69, 9.17) is 27.9 Å². The summed E-state index contributed by atoms with van der Waals surface area (Å²) in [5.41, 5.74) is 1.39. The van der Waals surface area contributed by atoms with E-state index in [2.05, 4.69) is 5.32 Å². The van der Waals surface area contributed by atoms with E-state index in [0.29, 0.717) is 27.8 Å². The molecule has 2 aromatic rings. The number of carbonyl (C=O) groups is 2. The first kappa shape index (κ1) is 22.8. The quantitative estimate of drug-likeness (QED) is 0.610. The molecule has 0 aliphatic carbocycles. The number of nitrogens with one attached hydrogen (secondary N) is 1. The number of benzene rings is 2. The van der Waals surface area contributed by atoms with Crippen molar-refractivity contribution < 1.29 is 14.3 Å². The zero-order valence-electron chi connectivity index (χ0n) is 16.6. The standard InChI is InChI=1S/C22H24Cl2N2O3/c1-4-19(16-8-5-6-11-20(16)29-14-22(28)26(2)3)25-21(27)13-12-15-17(23)9-7-10-18(15)24/h5-13,19H,4,14H2,1-3H3,(H,25,27)/b13-12+. The molecule has 2 rings (SSSR count). The summed E-state index contributed by atoms with van der Waals surface area (Å²) in [5.74, 6) is 0.136. The van der Waals surface area contributed by atoms with Crippen LogP contribution in [0.2, 0.25) is 10.0 Å². The molecule has 0 heterocycles. The third-order valence-corrected chi connectivity index (χ3v) is 4.93. The topological polar surface area (TPSA) is 58.6 Å². The Labute approximate surface area is 181 Å². The fourth-order valence-electron chi connectivity index (χ4n) is 2.62. The molecule has 7 heteroatoms. The van der Waals surface area contributed by atoms with Crippen LogP contribution in [0.15, 0.2) is 48.5 Å². The van der Waals surface area contributed by atoms with Gasteiger partial charge in [-0.2, -0.15) is 0 Å². The molecular weight excluding hydrogens is 411 g/mol. The zero-order valence-corrected chi connectivity index (χ0v) is 18.1. The molecule has 2 aromatic carbocycles. The third kappa shape index (κ3) is 6.51. The van der Waals surface area contributed by atoms with Gasteiger partial charge in [0.15, 0.2) is 6.61 Å². The van der Waals surface area contributed by atoms with Crippen molar-refractivity contribution in [3.05, 3.63) is 69.7 Å². The van der Waals surface area contributed by atoms with Gasteiger partial charge in [0, 0.05) is 41.3 Å². The van der Waals surface area contributed by atoms with Crippen molar-refractivity contribution in [2.45, 2.75) is 19.4 Å². The van der Waals surface area contributed by atoms with E-state index in [1.54, 1.807) is 44.4 Å². The number of para-hydroxylation sites is 1. The molecule has 0 fully saturated rings. The Hall–Kier alpha value is -2.50. The van der Waals surface area contributed by atoms with Crippen molar-refractivity contribution in [1.29, 1.82) is 0 Å². The molecule has 1 unspecified atom stereocenters. The normalized spacial score (nSPS) is 11.9. The Morgan fingerprint density at radius 3 is 2.38 bits per heavy atom. The number of ether oxygens (including phenoxy) is 1. The molecule has 1 atom stereocenters. The van der Waals surface area contributed by atoms with Gasteiger partial charge in [-0.25, -0.2) is 0 Å². The average molecular weight is 435 g/mol. The van der Waals surface area contributed by atoms with Gasteiger partial charge in [0.25, 0.3) is 5.91 Å². The number of hydrogen-bond donors (Lipinski definition) is 1. The van der Waals surface area contributed by atoms with Gasteiger partial charge in [-0.15, -0.1) is 0 Å². The van der Waals surface area contributed by atoms with Crippen molar-refractivity contribution in [1.82, 2.24) is 10.2 Å². The Balaban J connectivity index is 2.12. The number of carbonyl (C=O) groups excluding carboxylic acids is 2. The average Bonchev–Trinajstić information content (AvgIpc) is 2.70. The van der Waals surface area contributed by atoms with Crippen LogP contribution in [0.25, 0.3) is 6.08 Å². The van der Waals surface area contributed by atoms with Gasteiger partial charge >= 0.3 is 0 Å². The van der Waals surface area contributed by atoms with Crippen LogP contribution in [0.4, 0.5) is 0 Å². The van der Waals surface area contributed by atoms with Crippen LogP contribution in [-0.2, 0) is 9.59 Å². The van der Waals surface area contributed by atoms with Crippen molar-refractivity contribution in [2.24, 2.45) is 0 Å². The minimum atomic E-state index is -0.285. The molecule has 0 aromatic heterocycles. The summed E-state index contributed by atoms with van der Waals surface area (Å²) in [7, 11) is 3.34. The highest BCUT2D eigenvalue weighted by Crippen LogP contribution is 2.28. The summed E-state index contributed by atoms with van der Waals surface area (Å²) in [6, 6.07) is 12.2. The summed E-state index contributed by atoms with van der Waals surface area (Å²) in [4.78, 5) is 25.7. The lowest BCUT2D eigenvalue weighted by Gasteiger charge is -2.20. The second-order valence-corrected chi connectivity index (χ2v) is 7.37. The number of likely N-dealkylation sites (N-methyl/N-ethyl adjacent to an activating group) is 1. The van der Waals surface area contributed by atoms with E-state index in [9.17, 15) is 9.59 Å². The van der Waals surface area contributed by atoms with Crippen LogP contribution in [-0.4, -0.2) is 37.4 Å². The number of rotatable bonds is 8. The lowest BCUT2D eigenvalue weighted by Crippen LogP contribution is -2.29. The van der Waals surface area contributed by atoms with Crippen molar-refractivity contribution >= 4 is 41.1 Å². The van der Waals surface area contributed by atoms with Gasteiger partial charge in [0.2, 0.25) is 5.91 Å². The molecule has 0 radical (unpaired) electrons. The summed E-state index contributed by atoms with van der Waals surface area (Å²) in [6.07, 6.45) is 3.63. The van der Waals surface area contributed by atoms with Crippen molar-refractivity contribution in [3.63, 3.8) is 0 Å². The number of nitrogens with zero attached hydrogens (tertiary/aromatic N) is 1. The van der Waals surface area contributed by atoms with Crippen molar-refractivity contribution in [3.8, 4) is 5.75 Å². The van der Waals surface area contributed by atoms with Gasteiger partial charge in [0.05, 0.1) is 6.04 Å². The van der Waals surface area contributed by atoms with Crippen LogP contribution in [0.5, 0.6) is 5.75 Å². The van der Waals surface area contributed by atoms with Crippen LogP contribution >= 0.6 is 23.2 Å². The second-order valence-electron chi connectivity index (χ2n) is 6.55. The van der Waals surface area contributed by atoms with E-state index in [-0.39, 0.29) is 24.5 Å². The molecular formula is C22H24Cl2N2O3. The summed E-state index contributed by atoms with van der Waals surface area (Å²) in [5, 5.41) is 3.90. The second kappa shape index (κ2) is 10.9. The van der Waals surface area contributed by atoms with Crippen LogP contribution in [0.1, 0.15) is 30.5 Å². The number of amides is 2. The maximum atomic E-state index is 12.5. The molecule has 154 valence electrons. The largest absolute Gasteiger partial charge is 0.483 e. The maximum Gasteiger partial charge on any atom is 0.259 e. The Kier molecular flexibility index (Phi) is 8.55. The van der Waals surface area contributed by atoms with E-state index in [0.717, 1.165) is 5.56 Å². The van der Waals surface area contributed by atoms with Gasteiger partial charge in [-0.3, -0.25) is 9.59 Å². The van der Waals surface area contributed by atoms with E-state index < -0.39 is 0 Å². The van der Waals surface area contributed by atoms with E-state index in [1.807, 2.05) is 25.1 Å². The lowest BCUT2D eigenvalue weighted by atomic mass is 10.0. The van der Waals surface area contributed by atoms with Gasteiger partial charge in [-0.1, -0.05) is 54.4 Å². The number of hydrogen-bond acceptors (Lipinski definition) is 3. The first-order valence-electron chi connectivity index (χ1n) is 9.18. The molecule has 0 spiro atoms. The molecule has 0 aliphatic heterocycles. The molecule has 0 aliphatic rings. The fraction of sp³-hybridized carbons (Fsp3) is 0.273. The first-order valence-corrected chi connectivity index (χ1v) is 9.93. The highest BCUT2D eigenvalue weighted by atomic mass is 35.5. The van der Waals surface area contributed by atoms with Gasteiger partial charge < -0.3 is 15.0 Å². The fourth-order valence-corrected chi connectivity index (χ4v) is 3.14. The zero-order chi connectivity index (χ0) is 21.4. The summed E-state index contributed by atoms with van der Waals surface area (Å²) >= 11 is 12.3. The van der Waals surface area contributed by atoms with Crippen LogP contribution in [0, 0.1) is 0 Å². The van der Waals surface area contributed by atoms with Crippen LogP contribution in [0.3, 0.4) is 0 Å². The lowest BCUT2D eigenvalue weighted by molar-refractivity contribution is -0.130. The smallest absolute Gasteiger partial charge is 0.259 e. The maximum absolute atomic E-state index is 12.5. The highest BCUT2D eigenvalue weighted by molar-refractivity contribution is 6.37. The summed E-state index contributed by atoms with van der Waals surface area (Å²) < 4.78 is 5.69. The number of halogens is 2. The van der Waals surface area contributed by atoms with E-state index in [1.165, 1.54) is 11.0 Å². The molecule has 1 N–H and O–H groups in total. The molecule has 0 saturated heterocycles. The van der Waals surface area contributed by atoms with E-state index >= 15 is 0 Å².